The second kappa shape index (κ2) is 5.57. The van der Waals surface area contributed by atoms with Gasteiger partial charge >= 0.3 is 0 Å². The molecule has 116 valence electrons. The number of carbonyl (C=O) groups excluding carboxylic acids is 1. The molecule has 3 heterocycles. The number of piperazine rings is 1. The van der Waals surface area contributed by atoms with Crippen LogP contribution in [0.3, 0.4) is 0 Å². The number of carbonyl (C=O) groups is 1. The summed E-state index contributed by atoms with van der Waals surface area (Å²) < 4.78 is 10.2. The zero-order valence-corrected chi connectivity index (χ0v) is 12.3. The molecule has 2 aromatic rings. The molecule has 7 heteroatoms. The highest BCUT2D eigenvalue weighted by Crippen LogP contribution is 2.38. The molecule has 1 aliphatic heterocycles. The van der Waals surface area contributed by atoms with Gasteiger partial charge in [-0.2, -0.15) is 4.98 Å². The highest BCUT2D eigenvalue weighted by atomic mass is 16.5. The third-order valence-corrected chi connectivity index (χ3v) is 4.20. The topological polar surface area (TPSA) is 75.6 Å². The minimum absolute atomic E-state index is 0.0315. The summed E-state index contributed by atoms with van der Waals surface area (Å²) in [7, 11) is 0. The van der Waals surface area contributed by atoms with Crippen molar-refractivity contribution in [2.24, 2.45) is 0 Å². The lowest BCUT2D eigenvalue weighted by atomic mass is 10.2. The maximum absolute atomic E-state index is 12.2. The molecule has 22 heavy (non-hydrogen) atoms. The van der Waals surface area contributed by atoms with Crippen LogP contribution in [0.2, 0.25) is 0 Å². The zero-order chi connectivity index (χ0) is 14.9. The fraction of sp³-hybridized carbons (Fsp3) is 0.533. The van der Waals surface area contributed by atoms with Crippen molar-refractivity contribution in [3.05, 3.63) is 35.9 Å². The van der Waals surface area contributed by atoms with Crippen molar-refractivity contribution in [2.45, 2.75) is 25.3 Å². The summed E-state index contributed by atoms with van der Waals surface area (Å²) >= 11 is 0. The summed E-state index contributed by atoms with van der Waals surface area (Å²) in [6, 6.07) is 1.70. The molecular weight excluding hydrogens is 284 g/mol. The molecule has 0 bridgehead atoms. The number of hydrogen-bond acceptors (Lipinski definition) is 6. The van der Waals surface area contributed by atoms with Crippen LogP contribution >= 0.6 is 0 Å². The van der Waals surface area contributed by atoms with E-state index in [1.807, 2.05) is 4.90 Å². The Kier molecular flexibility index (Phi) is 3.42. The largest absolute Gasteiger partial charge is 0.472 e. The summed E-state index contributed by atoms with van der Waals surface area (Å²) in [5.41, 5.74) is 0.612. The Labute approximate surface area is 127 Å². The van der Waals surface area contributed by atoms with Crippen LogP contribution in [0, 0.1) is 0 Å². The molecule has 2 aromatic heterocycles. The maximum atomic E-state index is 12.2. The van der Waals surface area contributed by atoms with Gasteiger partial charge in [0.05, 0.1) is 18.4 Å². The van der Waals surface area contributed by atoms with Crippen LogP contribution in [0.5, 0.6) is 0 Å². The molecule has 0 N–H and O–H groups in total. The third kappa shape index (κ3) is 2.76. The van der Waals surface area contributed by atoms with Gasteiger partial charge in [-0.3, -0.25) is 9.69 Å². The van der Waals surface area contributed by atoms with Crippen LogP contribution in [-0.2, 0) is 6.54 Å². The van der Waals surface area contributed by atoms with E-state index in [2.05, 4.69) is 15.0 Å². The molecule has 7 nitrogen and oxygen atoms in total. The van der Waals surface area contributed by atoms with Crippen molar-refractivity contribution >= 4 is 5.91 Å². The van der Waals surface area contributed by atoms with E-state index < -0.39 is 0 Å². The Balaban J connectivity index is 1.30. The first-order valence-electron chi connectivity index (χ1n) is 7.66. The second-order valence-electron chi connectivity index (χ2n) is 5.90. The van der Waals surface area contributed by atoms with Crippen molar-refractivity contribution in [1.82, 2.24) is 19.9 Å². The van der Waals surface area contributed by atoms with E-state index in [0.717, 1.165) is 37.6 Å². The van der Waals surface area contributed by atoms with Gasteiger partial charge in [0.2, 0.25) is 5.89 Å². The van der Waals surface area contributed by atoms with E-state index in [1.165, 1.54) is 12.5 Å². The average Bonchev–Trinajstić information content (AvgIpc) is 3.06. The van der Waals surface area contributed by atoms with Crippen LogP contribution in [0.25, 0.3) is 0 Å². The van der Waals surface area contributed by atoms with Gasteiger partial charge in [0.15, 0.2) is 5.82 Å². The molecule has 1 saturated carbocycles. The first kappa shape index (κ1) is 13.5. The minimum atomic E-state index is 0.0315. The van der Waals surface area contributed by atoms with Crippen molar-refractivity contribution in [3.63, 3.8) is 0 Å². The number of rotatable bonds is 4. The Bertz CT molecular complexity index is 640. The molecule has 1 aliphatic carbocycles. The number of hydrogen-bond donors (Lipinski definition) is 0. The van der Waals surface area contributed by atoms with E-state index in [4.69, 9.17) is 8.94 Å². The number of amides is 1. The predicted molar refractivity (Wildman–Crippen MR) is 76.2 cm³/mol. The summed E-state index contributed by atoms with van der Waals surface area (Å²) in [6.45, 7) is 3.73. The Hall–Kier alpha value is -2.15. The molecular formula is C15H18N4O3. The Morgan fingerprint density at radius 1 is 1.27 bits per heavy atom. The molecule has 2 aliphatic rings. The van der Waals surface area contributed by atoms with Gasteiger partial charge < -0.3 is 13.8 Å². The van der Waals surface area contributed by atoms with E-state index in [9.17, 15) is 4.79 Å². The standard InChI is InChI=1S/C15H18N4O3/c20-15(12-3-8-21-10-12)19-6-4-18(5-7-19)9-13-16-14(22-17-13)11-1-2-11/h3,8,10-11H,1-2,4-7,9H2. The number of nitrogens with zero attached hydrogens (tertiary/aromatic N) is 4. The van der Waals surface area contributed by atoms with Gasteiger partial charge in [-0.25, -0.2) is 0 Å². The van der Waals surface area contributed by atoms with E-state index in [-0.39, 0.29) is 5.91 Å². The lowest BCUT2D eigenvalue weighted by Gasteiger charge is -2.33. The number of aromatic nitrogens is 2. The van der Waals surface area contributed by atoms with Crippen LogP contribution in [0.4, 0.5) is 0 Å². The summed E-state index contributed by atoms with van der Waals surface area (Å²) in [5.74, 6) is 2.05. The van der Waals surface area contributed by atoms with Crippen molar-refractivity contribution in [2.75, 3.05) is 26.2 Å². The second-order valence-corrected chi connectivity index (χ2v) is 5.90. The van der Waals surface area contributed by atoms with Gasteiger partial charge in [-0.1, -0.05) is 5.16 Å². The smallest absolute Gasteiger partial charge is 0.257 e. The van der Waals surface area contributed by atoms with Crippen molar-refractivity contribution < 1.29 is 13.7 Å². The maximum Gasteiger partial charge on any atom is 0.257 e. The molecule has 0 radical (unpaired) electrons. The molecule has 0 atom stereocenters. The molecule has 2 fully saturated rings. The van der Waals surface area contributed by atoms with E-state index >= 15 is 0 Å². The van der Waals surface area contributed by atoms with Crippen LogP contribution in [-0.4, -0.2) is 52.0 Å². The molecule has 0 aromatic carbocycles. The predicted octanol–water partition coefficient (Wildman–Crippen LogP) is 1.50. The molecule has 4 rings (SSSR count). The van der Waals surface area contributed by atoms with Crippen molar-refractivity contribution in [1.29, 1.82) is 0 Å². The van der Waals surface area contributed by atoms with Crippen LogP contribution < -0.4 is 0 Å². The Morgan fingerprint density at radius 2 is 2.09 bits per heavy atom. The van der Waals surface area contributed by atoms with Gasteiger partial charge in [0.1, 0.15) is 6.26 Å². The van der Waals surface area contributed by atoms with Crippen LogP contribution in [0.15, 0.2) is 27.5 Å². The molecule has 0 unspecified atom stereocenters. The van der Waals surface area contributed by atoms with Crippen molar-refractivity contribution in [3.8, 4) is 0 Å². The van der Waals surface area contributed by atoms with E-state index in [0.29, 0.717) is 31.1 Å². The SMILES string of the molecule is O=C(c1ccoc1)N1CCN(Cc2noc(C3CC3)n2)CC1. The van der Waals surface area contributed by atoms with Gasteiger partial charge in [-0.05, 0) is 18.9 Å². The lowest BCUT2D eigenvalue weighted by molar-refractivity contribution is 0.0623. The van der Waals surface area contributed by atoms with Gasteiger partial charge in [-0.15, -0.1) is 0 Å². The lowest BCUT2D eigenvalue weighted by Crippen LogP contribution is -2.48. The highest BCUT2D eigenvalue weighted by molar-refractivity contribution is 5.93. The molecule has 0 spiro atoms. The highest BCUT2D eigenvalue weighted by Gasteiger charge is 2.30. The molecule has 1 amide bonds. The quantitative estimate of drug-likeness (QED) is 0.852. The average molecular weight is 302 g/mol. The van der Waals surface area contributed by atoms with Gasteiger partial charge in [0, 0.05) is 32.1 Å². The summed E-state index contributed by atoms with van der Waals surface area (Å²) in [5, 5.41) is 4.05. The zero-order valence-electron chi connectivity index (χ0n) is 12.3. The van der Waals surface area contributed by atoms with E-state index in [1.54, 1.807) is 6.07 Å². The number of furan rings is 1. The first-order valence-corrected chi connectivity index (χ1v) is 7.66. The monoisotopic (exact) mass is 302 g/mol. The molecule has 1 saturated heterocycles. The minimum Gasteiger partial charge on any atom is -0.472 e. The summed E-state index contributed by atoms with van der Waals surface area (Å²) in [4.78, 5) is 20.8. The Morgan fingerprint density at radius 3 is 2.77 bits per heavy atom. The fourth-order valence-electron chi connectivity index (χ4n) is 2.71. The van der Waals surface area contributed by atoms with Crippen LogP contribution in [0.1, 0.15) is 40.8 Å². The normalized spacial score (nSPS) is 19.5. The summed E-state index contributed by atoms with van der Waals surface area (Å²) in [6.07, 6.45) is 5.34. The third-order valence-electron chi connectivity index (χ3n) is 4.20. The van der Waals surface area contributed by atoms with Gasteiger partial charge in [0.25, 0.3) is 5.91 Å². The first-order chi connectivity index (χ1) is 10.8. The fourth-order valence-corrected chi connectivity index (χ4v) is 2.71.